The summed E-state index contributed by atoms with van der Waals surface area (Å²) in [5.74, 6) is 0.0861. The van der Waals surface area contributed by atoms with Crippen LogP contribution in [0.4, 0.5) is 0 Å². The molecule has 5 heteroatoms. The van der Waals surface area contributed by atoms with Gasteiger partial charge in [0.05, 0.1) is 11.5 Å². The van der Waals surface area contributed by atoms with E-state index < -0.39 is 9.75 Å². The monoisotopic (exact) mass is 265 g/mol. The summed E-state index contributed by atoms with van der Waals surface area (Å²) in [7, 11) is 0. The van der Waals surface area contributed by atoms with Crippen molar-refractivity contribution in [3.8, 4) is 0 Å². The fourth-order valence-electron chi connectivity index (χ4n) is 2.32. The molecule has 2 saturated carbocycles. The van der Waals surface area contributed by atoms with Crippen molar-refractivity contribution in [3.05, 3.63) is 0 Å². The molecule has 0 saturated heterocycles. The van der Waals surface area contributed by atoms with Crippen molar-refractivity contribution in [2.75, 3.05) is 6.54 Å². The molecule has 0 bridgehead atoms. The number of hydrogen-bond acceptors (Lipinski definition) is 2. The molecule has 2 aliphatic rings. The third kappa shape index (κ3) is 2.05. The Kier molecular flexibility index (Phi) is 3.15. The van der Waals surface area contributed by atoms with Crippen molar-refractivity contribution in [1.82, 2.24) is 5.32 Å². The number of amides is 1. The topological polar surface area (TPSA) is 49.3 Å². The maximum Gasteiger partial charge on any atom is 0.229 e. The smallest absolute Gasteiger partial charge is 0.229 e. The second-order valence-corrected chi connectivity index (χ2v) is 6.67. The van der Waals surface area contributed by atoms with Crippen LogP contribution in [0.25, 0.3) is 0 Å². The van der Waals surface area contributed by atoms with Crippen molar-refractivity contribution in [2.45, 2.75) is 43.0 Å². The highest BCUT2D eigenvalue weighted by Gasteiger charge is 2.67. The Bertz CT molecular complexity index is 308. The van der Waals surface area contributed by atoms with Gasteiger partial charge in [0.2, 0.25) is 5.91 Å². The van der Waals surface area contributed by atoms with Crippen LogP contribution < -0.4 is 5.32 Å². The number of nitrogens with one attached hydrogen (secondary N) is 1. The zero-order valence-electron chi connectivity index (χ0n) is 9.30. The van der Waals surface area contributed by atoms with Crippen LogP contribution in [-0.4, -0.2) is 28.0 Å². The standard InChI is InChI=1S/C11H17Cl2NO2/c1-10(6-11(10,12)13)9(16)14-5-7-3-2-4-8(7)15/h7-8,15H,2-6H2,1H3,(H,14,16). The zero-order chi connectivity index (χ0) is 12.0. The molecule has 2 rings (SSSR count). The Hall–Kier alpha value is 0.01000. The molecule has 2 aliphatic carbocycles. The zero-order valence-corrected chi connectivity index (χ0v) is 10.8. The molecule has 0 aliphatic heterocycles. The van der Waals surface area contributed by atoms with Crippen molar-refractivity contribution < 1.29 is 9.90 Å². The molecule has 16 heavy (non-hydrogen) atoms. The lowest BCUT2D eigenvalue weighted by molar-refractivity contribution is -0.126. The molecule has 0 aromatic rings. The number of aliphatic hydroxyl groups is 1. The summed E-state index contributed by atoms with van der Waals surface area (Å²) in [6.45, 7) is 2.30. The second-order valence-electron chi connectivity index (χ2n) is 5.18. The van der Waals surface area contributed by atoms with Gasteiger partial charge in [-0.1, -0.05) is 6.42 Å². The van der Waals surface area contributed by atoms with Crippen molar-refractivity contribution in [1.29, 1.82) is 0 Å². The minimum absolute atomic E-state index is 0.100. The van der Waals surface area contributed by atoms with Crippen LogP contribution in [0.1, 0.15) is 32.6 Å². The highest BCUT2D eigenvalue weighted by atomic mass is 35.5. The van der Waals surface area contributed by atoms with Crippen LogP contribution in [0.15, 0.2) is 0 Å². The minimum atomic E-state index is -0.911. The first-order valence-corrected chi connectivity index (χ1v) is 6.46. The molecular weight excluding hydrogens is 249 g/mol. The van der Waals surface area contributed by atoms with E-state index in [0.29, 0.717) is 13.0 Å². The maximum absolute atomic E-state index is 11.8. The molecule has 3 atom stereocenters. The number of rotatable bonds is 3. The predicted octanol–water partition coefficient (Wildman–Crippen LogP) is 1.85. The Morgan fingerprint density at radius 3 is 2.56 bits per heavy atom. The normalized spacial score (nSPS) is 40.8. The van der Waals surface area contributed by atoms with E-state index in [1.54, 1.807) is 6.92 Å². The Balaban J connectivity index is 1.81. The van der Waals surface area contributed by atoms with Crippen LogP contribution in [0.3, 0.4) is 0 Å². The molecule has 3 unspecified atom stereocenters. The summed E-state index contributed by atoms with van der Waals surface area (Å²) in [6, 6.07) is 0. The first-order valence-electron chi connectivity index (χ1n) is 5.71. The molecule has 0 radical (unpaired) electrons. The lowest BCUT2D eigenvalue weighted by Gasteiger charge is -2.18. The van der Waals surface area contributed by atoms with E-state index in [4.69, 9.17) is 23.2 Å². The summed E-state index contributed by atoms with van der Waals surface area (Å²) in [4.78, 5) is 11.8. The van der Waals surface area contributed by atoms with Crippen LogP contribution in [-0.2, 0) is 4.79 Å². The van der Waals surface area contributed by atoms with Gasteiger partial charge in [0.1, 0.15) is 4.33 Å². The van der Waals surface area contributed by atoms with Gasteiger partial charge in [0, 0.05) is 12.5 Å². The SMILES string of the molecule is CC1(C(=O)NCC2CCCC2O)CC1(Cl)Cl. The third-order valence-corrected chi connectivity index (χ3v) is 5.00. The fraction of sp³-hybridized carbons (Fsp3) is 0.909. The van der Waals surface area contributed by atoms with E-state index in [0.717, 1.165) is 19.3 Å². The lowest BCUT2D eigenvalue weighted by atomic mass is 10.0. The van der Waals surface area contributed by atoms with Gasteiger partial charge in [-0.15, -0.1) is 23.2 Å². The van der Waals surface area contributed by atoms with Crippen LogP contribution in [0, 0.1) is 11.3 Å². The summed E-state index contributed by atoms with van der Waals surface area (Å²) < 4.78 is -0.911. The largest absolute Gasteiger partial charge is 0.393 e. The first kappa shape index (κ1) is 12.5. The fourth-order valence-corrected chi connectivity index (χ4v) is 3.03. The summed E-state index contributed by atoms with van der Waals surface area (Å²) >= 11 is 11.8. The van der Waals surface area contributed by atoms with E-state index in [-0.39, 0.29) is 17.9 Å². The predicted molar refractivity (Wildman–Crippen MR) is 63.5 cm³/mol. The van der Waals surface area contributed by atoms with Gasteiger partial charge in [-0.3, -0.25) is 4.79 Å². The van der Waals surface area contributed by atoms with Gasteiger partial charge >= 0.3 is 0 Å². The van der Waals surface area contributed by atoms with E-state index in [1.807, 2.05) is 0 Å². The average molecular weight is 266 g/mol. The van der Waals surface area contributed by atoms with Crippen molar-refractivity contribution in [3.63, 3.8) is 0 Å². The third-order valence-electron chi connectivity index (χ3n) is 3.90. The number of aliphatic hydroxyl groups excluding tert-OH is 1. The van der Waals surface area contributed by atoms with Crippen LogP contribution in [0.2, 0.25) is 0 Å². The molecule has 3 nitrogen and oxygen atoms in total. The van der Waals surface area contributed by atoms with Gasteiger partial charge in [0.25, 0.3) is 0 Å². The van der Waals surface area contributed by atoms with Crippen molar-refractivity contribution in [2.24, 2.45) is 11.3 Å². The minimum Gasteiger partial charge on any atom is -0.393 e. The van der Waals surface area contributed by atoms with E-state index in [1.165, 1.54) is 0 Å². The molecule has 0 aromatic carbocycles. The van der Waals surface area contributed by atoms with Crippen LogP contribution >= 0.6 is 23.2 Å². The summed E-state index contributed by atoms with van der Waals surface area (Å²) in [5, 5.41) is 12.5. The van der Waals surface area contributed by atoms with Gasteiger partial charge in [0.15, 0.2) is 0 Å². The van der Waals surface area contributed by atoms with Gasteiger partial charge < -0.3 is 10.4 Å². The molecule has 0 heterocycles. The summed E-state index contributed by atoms with van der Waals surface area (Å²) in [6.07, 6.45) is 3.08. The first-order chi connectivity index (χ1) is 7.37. The molecule has 2 fully saturated rings. The molecular formula is C11H17Cl2NO2. The average Bonchev–Trinajstić information content (AvgIpc) is 2.57. The van der Waals surface area contributed by atoms with E-state index in [2.05, 4.69) is 5.32 Å². The van der Waals surface area contributed by atoms with Gasteiger partial charge in [-0.25, -0.2) is 0 Å². The van der Waals surface area contributed by atoms with E-state index in [9.17, 15) is 9.90 Å². The molecule has 1 amide bonds. The number of carbonyl (C=O) groups is 1. The highest BCUT2D eigenvalue weighted by molar-refractivity contribution is 6.53. The van der Waals surface area contributed by atoms with Crippen LogP contribution in [0.5, 0.6) is 0 Å². The molecule has 0 spiro atoms. The van der Waals surface area contributed by atoms with Gasteiger partial charge in [-0.2, -0.15) is 0 Å². The quantitative estimate of drug-likeness (QED) is 0.766. The number of alkyl halides is 2. The number of halogens is 2. The molecule has 2 N–H and O–H groups in total. The maximum atomic E-state index is 11.8. The molecule has 92 valence electrons. The molecule has 0 aromatic heterocycles. The van der Waals surface area contributed by atoms with Crippen molar-refractivity contribution >= 4 is 29.1 Å². The van der Waals surface area contributed by atoms with E-state index >= 15 is 0 Å². The highest BCUT2D eigenvalue weighted by Crippen LogP contribution is 2.63. The summed E-state index contributed by atoms with van der Waals surface area (Å²) in [5.41, 5.74) is -0.653. The number of carbonyl (C=O) groups excluding carboxylic acids is 1. The second kappa shape index (κ2) is 4.04. The lowest BCUT2D eigenvalue weighted by Crippen LogP contribution is -2.38. The Morgan fingerprint density at radius 1 is 1.50 bits per heavy atom. The Labute approximate surface area is 105 Å². The number of hydrogen-bond donors (Lipinski definition) is 2. The van der Waals surface area contributed by atoms with Gasteiger partial charge in [-0.05, 0) is 26.2 Å². The Morgan fingerprint density at radius 2 is 2.12 bits per heavy atom.